The van der Waals surface area contributed by atoms with Crippen LogP contribution < -0.4 is 44.4 Å². The van der Waals surface area contributed by atoms with Gasteiger partial charge in [0.25, 0.3) is 0 Å². The van der Waals surface area contributed by atoms with E-state index in [0.717, 1.165) is 93.3 Å². The molecule has 124 heavy (non-hydrogen) atoms. The van der Waals surface area contributed by atoms with Crippen LogP contribution in [0.2, 0.25) is 0 Å². The number of fused-ring (bicyclic) bond motifs is 9. The molecule has 0 radical (unpaired) electrons. The molecule has 3 aromatic carbocycles. The normalized spacial score (nSPS) is 15.2. The number of carbonyl (C=O) groups excluding carboxylic acids is 3. The number of hydrogen-bond acceptors (Lipinski definition) is 23. The summed E-state index contributed by atoms with van der Waals surface area (Å²) in [6.07, 6.45) is 22.5. The minimum Gasteiger partial charge on any atom is -0.494 e. The molecule has 2 saturated carbocycles. The van der Waals surface area contributed by atoms with Gasteiger partial charge in [0.1, 0.15) is 22.8 Å². The third kappa shape index (κ3) is 18.3. The summed E-state index contributed by atoms with van der Waals surface area (Å²) in [6, 6.07) is 10.5. The Labute approximate surface area is 711 Å². The Morgan fingerprint density at radius 1 is 0.411 bits per heavy atom. The lowest BCUT2D eigenvalue weighted by Gasteiger charge is -2.34. The average Bonchev–Trinajstić information content (AvgIpc) is 1.74. The third-order valence-electron chi connectivity index (χ3n) is 23.2. The lowest BCUT2D eigenvalue weighted by atomic mass is 10.0. The van der Waals surface area contributed by atoms with Crippen molar-refractivity contribution in [1.29, 1.82) is 0 Å². The largest absolute Gasteiger partial charge is 0.494 e. The highest BCUT2D eigenvalue weighted by Crippen LogP contribution is 2.45. The van der Waals surface area contributed by atoms with Gasteiger partial charge in [0, 0.05) is 200 Å². The zero-order valence-corrected chi connectivity index (χ0v) is 70.2. The van der Waals surface area contributed by atoms with Gasteiger partial charge in [0.2, 0.25) is 29.6 Å². The Morgan fingerprint density at radius 2 is 0.758 bits per heavy atom. The van der Waals surface area contributed by atoms with Gasteiger partial charge in [-0.05, 0) is 113 Å². The Morgan fingerprint density at radius 3 is 1.15 bits per heavy atom. The van der Waals surface area contributed by atoms with Gasteiger partial charge in [0.05, 0.1) is 81.9 Å². The first kappa shape index (κ1) is 86.1. The van der Waals surface area contributed by atoms with Crippen molar-refractivity contribution in [3.05, 3.63) is 170 Å². The molecule has 0 atom stereocenters. The van der Waals surface area contributed by atoms with E-state index in [2.05, 4.69) is 70.3 Å². The molecule has 650 valence electrons. The lowest BCUT2D eigenvalue weighted by Crippen LogP contribution is -2.48. The standard InChI is InChI=1S/C32H36F2N6O3.C31H35F2N7O3.C26H27F2N7O3/c1-4-28(41)39-12-10-38(11-13-39)9-5-6-22-19-40-24-15-27(35-17-20-7-8-20)36-18-21(24)14-23(32(40)37-22)29-30(33)25(42-2)16-26(43-3)31(29)34;1-4-25(41)39-12-10-38(11-13-39)9-5-6-21-18-40-29-20(17-35-31(37-29)34-16-19-7-8-19)14-22(30(40)36-21)26-27(32)23(42-2)15-24(43-3)28(26)33;1-5-20(36)34-8-6-33(7-9-34)13-16-14-35-24-15(12-30-26(29-2)32-24)10-17(25(35)31-16)21-22(27)18(37-3)11-19(38-4)23(21)28/h4,14-16,18-20H,1,5-13,17H2,2-3H3,(H,35,36);4,14-15,17-19H,1,5-13,16H2,2-3H3,(H,34,35,37);5,10-12,14H,1,6-9,13H2,2-4H3,(H,29,30,32). The zero-order chi connectivity index (χ0) is 87.1. The van der Waals surface area contributed by atoms with Crippen molar-refractivity contribution in [2.75, 3.05) is 170 Å². The SMILES string of the molecule is C=CC(=O)N1CCN(CCCc2cn3c(n2)c(-c2c(F)c(OC)cc(OC)c2F)cc2cnc(NCC4CC4)cc23)CC1.C=CC(=O)N1CCN(CCCc2cn3c(n2)c(-c2c(F)c(OC)cc(OC)c2F)cc2cnc(NCC4CC4)nc23)CC1.C=CC(=O)N1CCN(Cc2cn3c(n2)c(-c2c(F)c(OC)cc(OC)c2F)cc2cnc(NC)nc23)CC1. The van der Waals surface area contributed by atoms with E-state index >= 15 is 26.3 Å². The highest BCUT2D eigenvalue weighted by atomic mass is 19.2. The number of nitrogens with one attached hydrogen (secondary N) is 3. The molecule has 0 bridgehead atoms. The number of nitrogens with zero attached hydrogens (tertiary/aromatic N) is 17. The Balaban J connectivity index is 0.000000144. The van der Waals surface area contributed by atoms with Crippen LogP contribution in [0.3, 0.4) is 0 Å². The van der Waals surface area contributed by atoms with Crippen molar-refractivity contribution in [2.45, 2.75) is 57.9 Å². The molecule has 3 amide bonds. The molecule has 17 rings (SSSR count). The maximum atomic E-state index is 15.7. The molecular weight excluding hydrogens is 1610 g/mol. The van der Waals surface area contributed by atoms with E-state index in [-0.39, 0.29) is 85.6 Å². The monoisotopic (exact) mass is 1700 g/mol. The van der Waals surface area contributed by atoms with Crippen LogP contribution in [0.25, 0.3) is 83.3 Å². The van der Waals surface area contributed by atoms with Gasteiger partial charge < -0.3 is 59.1 Å². The van der Waals surface area contributed by atoms with E-state index in [1.54, 1.807) is 62.4 Å². The molecule has 3 aliphatic heterocycles. The van der Waals surface area contributed by atoms with E-state index in [1.165, 1.54) is 105 Å². The highest BCUT2D eigenvalue weighted by molar-refractivity contribution is 5.96. The van der Waals surface area contributed by atoms with Crippen LogP contribution in [0.15, 0.2) is 118 Å². The fourth-order valence-electron chi connectivity index (χ4n) is 15.9. The van der Waals surface area contributed by atoms with E-state index in [4.69, 9.17) is 48.4 Å². The van der Waals surface area contributed by atoms with Crippen molar-refractivity contribution in [3.8, 4) is 67.9 Å². The van der Waals surface area contributed by atoms with Gasteiger partial charge in [-0.15, -0.1) is 0 Å². The summed E-state index contributed by atoms with van der Waals surface area (Å²) in [5, 5.41) is 11.5. The highest BCUT2D eigenvalue weighted by Gasteiger charge is 2.33. The summed E-state index contributed by atoms with van der Waals surface area (Å²) in [4.78, 5) is 85.1. The third-order valence-corrected chi connectivity index (χ3v) is 23.2. The molecule has 9 aromatic heterocycles. The predicted molar refractivity (Wildman–Crippen MR) is 460 cm³/mol. The van der Waals surface area contributed by atoms with E-state index < -0.39 is 34.9 Å². The minimum absolute atomic E-state index is 0.0324. The molecule has 0 spiro atoms. The quantitative estimate of drug-likeness (QED) is 0.0290. The average molecular weight is 1710 g/mol. The fraction of sp³-hybridized carbons (Fsp3) is 0.382. The second-order valence-corrected chi connectivity index (χ2v) is 31.0. The smallest absolute Gasteiger partial charge is 0.246 e. The molecular formula is C89H98F6N20O9. The number of pyridine rings is 4. The fourth-order valence-corrected chi connectivity index (χ4v) is 15.9. The number of ether oxygens (including phenoxy) is 6. The van der Waals surface area contributed by atoms with Crippen LogP contribution >= 0.6 is 0 Å². The number of benzene rings is 3. The van der Waals surface area contributed by atoms with Crippen LogP contribution in [-0.4, -0.2) is 255 Å². The number of aromatic nitrogens is 11. The lowest BCUT2D eigenvalue weighted by molar-refractivity contribution is -0.128. The van der Waals surface area contributed by atoms with Crippen LogP contribution in [0, 0.1) is 46.7 Å². The summed E-state index contributed by atoms with van der Waals surface area (Å²) in [5.74, 6) is -3.09. The van der Waals surface area contributed by atoms with Gasteiger partial charge in [-0.1, -0.05) is 19.7 Å². The maximum Gasteiger partial charge on any atom is 0.246 e. The van der Waals surface area contributed by atoms with Gasteiger partial charge >= 0.3 is 0 Å². The molecule has 12 aromatic rings. The number of halogens is 6. The number of amides is 3. The molecule has 2 aliphatic carbocycles. The number of piperazine rings is 3. The predicted octanol–water partition coefficient (Wildman–Crippen LogP) is 12.4. The number of hydrogen-bond donors (Lipinski definition) is 3. The summed E-state index contributed by atoms with van der Waals surface area (Å²) < 4.78 is 130. The number of methoxy groups -OCH3 is 6. The second kappa shape index (κ2) is 37.8. The van der Waals surface area contributed by atoms with Crippen molar-refractivity contribution in [2.24, 2.45) is 11.8 Å². The maximum absolute atomic E-state index is 15.7. The van der Waals surface area contributed by atoms with Crippen molar-refractivity contribution >= 4 is 85.3 Å². The van der Waals surface area contributed by atoms with Gasteiger partial charge in [-0.3, -0.25) is 42.3 Å². The molecule has 29 nitrogen and oxygen atoms in total. The van der Waals surface area contributed by atoms with Crippen LogP contribution in [0.4, 0.5) is 44.1 Å². The molecule has 0 unspecified atom stereocenters. The van der Waals surface area contributed by atoms with Gasteiger partial charge in [-0.25, -0.2) is 56.2 Å². The molecule has 35 heteroatoms. The topological polar surface area (TPSA) is 278 Å². The summed E-state index contributed by atoms with van der Waals surface area (Å²) in [7, 11) is 9.63. The number of anilines is 3. The minimum atomic E-state index is -0.868. The van der Waals surface area contributed by atoms with Crippen LogP contribution in [-0.2, 0) is 33.8 Å². The summed E-state index contributed by atoms with van der Waals surface area (Å²) in [5.41, 5.74) is 5.22. The first-order chi connectivity index (χ1) is 60.2. The Hall–Kier alpha value is -12.9. The summed E-state index contributed by atoms with van der Waals surface area (Å²) in [6.45, 7) is 22.9. The first-order valence-electron chi connectivity index (χ1n) is 41.2. The number of carbonyl (C=O) groups is 3. The number of imidazole rings is 3. The van der Waals surface area contributed by atoms with Crippen molar-refractivity contribution in [1.82, 2.24) is 82.5 Å². The zero-order valence-electron chi connectivity index (χ0n) is 70.2. The number of rotatable bonds is 29. The summed E-state index contributed by atoms with van der Waals surface area (Å²) >= 11 is 0. The Bertz CT molecular complexity index is 5720. The Kier molecular flexibility index (Phi) is 26.3. The molecule has 12 heterocycles. The second-order valence-electron chi connectivity index (χ2n) is 31.0. The first-order valence-corrected chi connectivity index (χ1v) is 41.2. The van der Waals surface area contributed by atoms with Crippen molar-refractivity contribution < 1.29 is 69.1 Å². The van der Waals surface area contributed by atoms with Crippen LogP contribution in [0.5, 0.6) is 34.5 Å². The number of aryl methyl sites for hydroxylation is 2. The van der Waals surface area contributed by atoms with E-state index in [9.17, 15) is 14.4 Å². The van der Waals surface area contributed by atoms with Gasteiger partial charge in [-0.2, -0.15) is 9.97 Å². The molecule has 3 N–H and O–H groups in total. The van der Waals surface area contributed by atoms with Crippen LogP contribution in [0.1, 0.15) is 55.6 Å². The van der Waals surface area contributed by atoms with Gasteiger partial charge in [0.15, 0.2) is 80.7 Å². The molecule has 5 aliphatic rings. The van der Waals surface area contributed by atoms with E-state index in [0.29, 0.717) is 140 Å². The molecule has 3 saturated heterocycles. The van der Waals surface area contributed by atoms with E-state index in [1.807, 2.05) is 34.0 Å². The molecule has 5 fully saturated rings. The van der Waals surface area contributed by atoms with Crippen molar-refractivity contribution in [3.63, 3.8) is 0 Å².